The van der Waals surface area contributed by atoms with Crippen LogP contribution in [-0.2, 0) is 14.3 Å². The van der Waals surface area contributed by atoms with Crippen molar-refractivity contribution in [3.8, 4) is 0 Å². The van der Waals surface area contributed by atoms with E-state index in [0.717, 1.165) is 6.08 Å². The molecule has 2 aromatic rings. The zero-order valence-electron chi connectivity index (χ0n) is 11.5. The Morgan fingerprint density at radius 2 is 1.48 bits per heavy atom. The van der Waals surface area contributed by atoms with Gasteiger partial charge in [-0.3, -0.25) is 9.59 Å². The van der Waals surface area contributed by atoms with Crippen molar-refractivity contribution in [2.24, 2.45) is 0 Å². The Balaban J connectivity index is 2.00. The summed E-state index contributed by atoms with van der Waals surface area (Å²) in [5.41, 5.74) is 0.310. The number of carbonyl (C=O) groups excluding carboxylic acids is 2. The van der Waals surface area contributed by atoms with E-state index in [2.05, 4.69) is 0 Å². The molecule has 0 radical (unpaired) electrons. The molecule has 0 saturated carbocycles. The van der Waals surface area contributed by atoms with E-state index < -0.39 is 27.4 Å². The molecule has 23 heavy (non-hydrogen) atoms. The first-order chi connectivity index (χ1) is 10.9. The first-order valence-corrected chi connectivity index (χ1v) is 8.27. The van der Waals surface area contributed by atoms with E-state index in [0.29, 0.717) is 0 Å². The average Bonchev–Trinajstić information content (AvgIpc) is 2.52. The zero-order valence-corrected chi connectivity index (χ0v) is 13.1. The number of rotatable bonds is 3. The molecule has 3 rings (SSSR count). The molecular formula is C16H9ClO5S. The molecule has 0 spiro atoms. The van der Waals surface area contributed by atoms with Crippen molar-refractivity contribution in [1.29, 1.82) is 0 Å². The average molecular weight is 349 g/mol. The van der Waals surface area contributed by atoms with Gasteiger partial charge in [0.2, 0.25) is 5.78 Å². The van der Waals surface area contributed by atoms with Crippen LogP contribution < -0.4 is 0 Å². The third-order valence-corrected chi connectivity index (χ3v) is 4.96. The summed E-state index contributed by atoms with van der Waals surface area (Å²) in [6.45, 7) is 0. The van der Waals surface area contributed by atoms with Crippen molar-refractivity contribution in [1.82, 2.24) is 0 Å². The van der Waals surface area contributed by atoms with Gasteiger partial charge in [0.15, 0.2) is 11.5 Å². The van der Waals surface area contributed by atoms with Crippen molar-refractivity contribution in [3.63, 3.8) is 0 Å². The van der Waals surface area contributed by atoms with E-state index in [9.17, 15) is 18.0 Å². The highest BCUT2D eigenvalue weighted by Gasteiger charge is 2.31. The van der Waals surface area contributed by atoms with E-state index in [1.807, 2.05) is 0 Å². The van der Waals surface area contributed by atoms with Gasteiger partial charge in [0.25, 0.3) is 0 Å². The number of carbonyl (C=O) groups is 2. The normalized spacial score (nSPS) is 14.2. The van der Waals surface area contributed by atoms with Crippen molar-refractivity contribution in [2.75, 3.05) is 0 Å². The Morgan fingerprint density at radius 1 is 0.870 bits per heavy atom. The van der Waals surface area contributed by atoms with Crippen LogP contribution in [0.2, 0.25) is 5.02 Å². The van der Waals surface area contributed by atoms with E-state index in [1.54, 1.807) is 18.2 Å². The highest BCUT2D eigenvalue weighted by Crippen LogP contribution is 2.28. The molecule has 0 N–H and O–H groups in total. The lowest BCUT2D eigenvalue weighted by Crippen LogP contribution is -2.21. The number of fused-ring (bicyclic) bond motifs is 1. The molecule has 1 aliphatic rings. The third-order valence-electron chi connectivity index (χ3n) is 3.23. The summed E-state index contributed by atoms with van der Waals surface area (Å²) < 4.78 is 29.4. The predicted octanol–water partition coefficient (Wildman–Crippen LogP) is 3.01. The van der Waals surface area contributed by atoms with Crippen molar-refractivity contribution < 1.29 is 22.2 Å². The molecular weight excluding hydrogens is 340 g/mol. The van der Waals surface area contributed by atoms with Crippen LogP contribution in [0.15, 0.2) is 65.3 Å². The number of Topliss-reactive ketones (excluding diaryl/α,β-unsaturated/α-hetero) is 1. The first-order valence-electron chi connectivity index (χ1n) is 6.49. The van der Waals surface area contributed by atoms with Crippen LogP contribution in [0.25, 0.3) is 0 Å². The summed E-state index contributed by atoms with van der Waals surface area (Å²) in [5, 5.41) is -0.0388. The van der Waals surface area contributed by atoms with Crippen molar-refractivity contribution in [2.45, 2.75) is 4.90 Å². The molecule has 116 valence electrons. The molecule has 1 aliphatic carbocycles. The number of hydrogen-bond acceptors (Lipinski definition) is 5. The summed E-state index contributed by atoms with van der Waals surface area (Å²) in [5.74, 6) is -1.71. The van der Waals surface area contributed by atoms with Gasteiger partial charge < -0.3 is 4.18 Å². The maximum Gasteiger partial charge on any atom is 0.340 e. The smallest absolute Gasteiger partial charge is 0.340 e. The summed E-state index contributed by atoms with van der Waals surface area (Å²) in [7, 11) is -4.32. The molecule has 7 heteroatoms. The standard InChI is InChI=1S/C16H9ClO5S/c17-12-7-3-4-8-15(12)23(20,21)22-14-9-13(18)10-5-1-2-6-11(10)16(14)19/h1-9H. The van der Waals surface area contributed by atoms with Gasteiger partial charge in [0.05, 0.1) is 5.02 Å². The SMILES string of the molecule is O=C1C=C(OS(=O)(=O)c2ccccc2Cl)C(=O)c2ccccc21. The minimum atomic E-state index is -4.32. The maximum absolute atomic E-state index is 12.3. The minimum Gasteiger partial charge on any atom is -0.375 e. The van der Waals surface area contributed by atoms with Gasteiger partial charge >= 0.3 is 10.1 Å². The summed E-state index contributed by atoms with van der Waals surface area (Å²) >= 11 is 5.84. The lowest BCUT2D eigenvalue weighted by molar-refractivity contribution is 0.0948. The van der Waals surface area contributed by atoms with E-state index >= 15 is 0 Å². The third kappa shape index (κ3) is 2.78. The Labute approximate surface area is 137 Å². The fourth-order valence-electron chi connectivity index (χ4n) is 2.16. The summed E-state index contributed by atoms with van der Waals surface area (Å²) in [6.07, 6.45) is 0.874. The van der Waals surface area contributed by atoms with Gasteiger partial charge in [-0.15, -0.1) is 0 Å². The largest absolute Gasteiger partial charge is 0.375 e. The second kappa shape index (κ2) is 5.64. The molecule has 0 aromatic heterocycles. The van der Waals surface area contributed by atoms with Crippen LogP contribution in [0, 0.1) is 0 Å². The van der Waals surface area contributed by atoms with Gasteiger partial charge in [0, 0.05) is 17.2 Å². The van der Waals surface area contributed by atoms with Crippen LogP contribution in [-0.4, -0.2) is 20.0 Å². The van der Waals surface area contributed by atoms with E-state index in [-0.39, 0.29) is 21.0 Å². The fraction of sp³-hybridized carbons (Fsp3) is 0. The molecule has 0 bridgehead atoms. The minimum absolute atomic E-state index is 0.0388. The molecule has 2 aromatic carbocycles. The molecule has 0 unspecified atom stereocenters. The predicted molar refractivity (Wildman–Crippen MR) is 82.9 cm³/mol. The monoisotopic (exact) mass is 348 g/mol. The summed E-state index contributed by atoms with van der Waals surface area (Å²) in [6, 6.07) is 11.8. The van der Waals surface area contributed by atoms with E-state index in [1.165, 1.54) is 30.3 Å². The molecule has 0 aliphatic heterocycles. The van der Waals surface area contributed by atoms with Crippen molar-refractivity contribution >= 4 is 33.3 Å². The highest BCUT2D eigenvalue weighted by atomic mass is 35.5. The van der Waals surface area contributed by atoms with Gasteiger partial charge in [-0.25, -0.2) is 0 Å². The van der Waals surface area contributed by atoms with Gasteiger partial charge in [-0.1, -0.05) is 48.0 Å². The van der Waals surface area contributed by atoms with Crippen LogP contribution in [0.4, 0.5) is 0 Å². The Hall–Kier alpha value is -2.44. The quantitative estimate of drug-likeness (QED) is 0.797. The van der Waals surface area contributed by atoms with Crippen LogP contribution in [0.1, 0.15) is 20.7 Å². The van der Waals surface area contributed by atoms with Crippen molar-refractivity contribution in [3.05, 3.63) is 76.5 Å². The summed E-state index contributed by atoms with van der Waals surface area (Å²) in [4.78, 5) is 24.0. The van der Waals surface area contributed by atoms with Crippen LogP contribution in [0.5, 0.6) is 0 Å². The molecule has 0 fully saturated rings. The number of ketones is 2. The first kappa shape index (κ1) is 15.5. The maximum atomic E-state index is 12.3. The van der Waals surface area contributed by atoms with Gasteiger partial charge in [-0.05, 0) is 12.1 Å². The Morgan fingerprint density at radius 3 is 2.17 bits per heavy atom. The van der Waals surface area contributed by atoms with Gasteiger partial charge in [-0.2, -0.15) is 8.42 Å². The van der Waals surface area contributed by atoms with Crippen LogP contribution in [0.3, 0.4) is 0 Å². The molecule has 0 heterocycles. The zero-order chi connectivity index (χ0) is 16.6. The second-order valence-corrected chi connectivity index (χ2v) is 6.64. The lowest BCUT2D eigenvalue weighted by Gasteiger charge is -2.15. The lowest BCUT2D eigenvalue weighted by atomic mass is 9.94. The molecule has 0 amide bonds. The highest BCUT2D eigenvalue weighted by molar-refractivity contribution is 7.87. The molecule has 0 saturated heterocycles. The number of halogens is 1. The molecule has 0 atom stereocenters. The number of allylic oxidation sites excluding steroid dienone is 2. The number of benzene rings is 2. The topological polar surface area (TPSA) is 77.5 Å². The Bertz CT molecular complexity index is 960. The molecule has 5 nitrogen and oxygen atoms in total. The Kier molecular flexibility index (Phi) is 3.79. The second-order valence-electron chi connectivity index (χ2n) is 4.72. The number of hydrogen-bond donors (Lipinski definition) is 0. The van der Waals surface area contributed by atoms with E-state index in [4.69, 9.17) is 15.8 Å². The van der Waals surface area contributed by atoms with Crippen LogP contribution >= 0.6 is 11.6 Å². The van der Waals surface area contributed by atoms with Gasteiger partial charge in [0.1, 0.15) is 4.90 Å². The fourth-order valence-corrected chi connectivity index (χ4v) is 3.58.